The van der Waals surface area contributed by atoms with E-state index in [2.05, 4.69) is 61.7 Å². The van der Waals surface area contributed by atoms with E-state index in [1.807, 2.05) is 26.0 Å². The predicted octanol–water partition coefficient (Wildman–Crippen LogP) is 5.79. The number of hydrogen-bond donors (Lipinski definition) is 3. The van der Waals surface area contributed by atoms with E-state index in [9.17, 15) is 9.59 Å². The molecule has 0 aliphatic heterocycles. The molecule has 0 aliphatic carbocycles. The van der Waals surface area contributed by atoms with Crippen molar-refractivity contribution in [1.29, 1.82) is 0 Å². The van der Waals surface area contributed by atoms with Gasteiger partial charge in [-0.15, -0.1) is 0 Å². The molecule has 3 rings (SSSR count). The summed E-state index contributed by atoms with van der Waals surface area (Å²) in [6, 6.07) is 5.90. The van der Waals surface area contributed by atoms with Gasteiger partial charge in [-0.2, -0.15) is 4.98 Å². The fourth-order valence-corrected chi connectivity index (χ4v) is 4.41. The Hall–Kier alpha value is -3.27. The van der Waals surface area contributed by atoms with Gasteiger partial charge >= 0.3 is 6.09 Å². The van der Waals surface area contributed by atoms with Gasteiger partial charge in [0.25, 0.3) is 5.91 Å². The lowest BCUT2D eigenvalue weighted by Gasteiger charge is -2.20. The van der Waals surface area contributed by atoms with Crippen molar-refractivity contribution in [3.05, 3.63) is 51.1 Å². The average molecular weight is 560 g/mol. The van der Waals surface area contributed by atoms with Crippen molar-refractivity contribution in [2.45, 2.75) is 66.7 Å². The van der Waals surface area contributed by atoms with Crippen LogP contribution >= 0.6 is 15.9 Å². The zero-order valence-corrected chi connectivity index (χ0v) is 23.6. The Morgan fingerprint density at radius 2 is 1.83 bits per heavy atom. The number of fused-ring (bicyclic) bond motifs is 1. The van der Waals surface area contributed by atoms with Crippen LogP contribution in [-0.4, -0.2) is 34.3 Å². The van der Waals surface area contributed by atoms with Crippen LogP contribution in [0.3, 0.4) is 0 Å². The van der Waals surface area contributed by atoms with Gasteiger partial charge < -0.3 is 19.4 Å². The normalized spacial score (nSPS) is 11.5. The Morgan fingerprint density at radius 3 is 2.44 bits per heavy atom. The molecule has 10 heteroatoms. The van der Waals surface area contributed by atoms with Crippen molar-refractivity contribution in [2.24, 2.45) is 0 Å². The summed E-state index contributed by atoms with van der Waals surface area (Å²) in [5.41, 5.74) is 8.78. The standard InChI is InChI=1S/C26H34BrN5O4/c1-14(2)32-13-16(4)22-18(10-17(27)11-20(22)32)23(33)28-12-19-15(3)9-21(29-24(19)35-8)30-31-25(34)36-26(5,6)7/h9-11,13-14H,12H2,1-8H3,(H,28,33)(H,29,30)(H,31,34). The Kier molecular flexibility index (Phi) is 8.18. The number of carbonyl (C=O) groups is 2. The number of pyridine rings is 1. The third-order valence-corrected chi connectivity index (χ3v) is 5.97. The number of aryl methyl sites for hydroxylation is 2. The lowest BCUT2D eigenvalue weighted by molar-refractivity contribution is 0.0540. The smallest absolute Gasteiger partial charge is 0.426 e. The number of hydrogen-bond acceptors (Lipinski definition) is 6. The largest absolute Gasteiger partial charge is 0.481 e. The average Bonchev–Trinajstić information content (AvgIpc) is 3.11. The van der Waals surface area contributed by atoms with E-state index < -0.39 is 11.7 Å². The highest BCUT2D eigenvalue weighted by Crippen LogP contribution is 2.31. The van der Waals surface area contributed by atoms with Crippen molar-refractivity contribution in [1.82, 2.24) is 20.3 Å². The lowest BCUT2D eigenvalue weighted by atomic mass is 10.1. The quantitative estimate of drug-likeness (QED) is 0.316. The first-order valence-electron chi connectivity index (χ1n) is 11.7. The molecule has 0 atom stereocenters. The molecule has 36 heavy (non-hydrogen) atoms. The fraction of sp³-hybridized carbons (Fsp3) is 0.423. The summed E-state index contributed by atoms with van der Waals surface area (Å²) in [7, 11) is 1.51. The Balaban J connectivity index is 1.80. The van der Waals surface area contributed by atoms with Gasteiger partial charge in [-0.25, -0.2) is 10.2 Å². The van der Waals surface area contributed by atoms with Crippen LogP contribution in [0.4, 0.5) is 10.6 Å². The van der Waals surface area contributed by atoms with Gasteiger partial charge in [0.1, 0.15) is 11.4 Å². The van der Waals surface area contributed by atoms with Crippen LogP contribution in [0.1, 0.15) is 67.7 Å². The van der Waals surface area contributed by atoms with E-state index in [-0.39, 0.29) is 18.5 Å². The van der Waals surface area contributed by atoms with Crippen LogP contribution in [0.25, 0.3) is 10.9 Å². The summed E-state index contributed by atoms with van der Waals surface area (Å²) in [5, 5.41) is 3.94. The topological polar surface area (TPSA) is 107 Å². The minimum absolute atomic E-state index is 0.193. The second kappa shape index (κ2) is 10.8. The Bertz CT molecular complexity index is 1290. The molecule has 0 unspecified atom stereocenters. The molecule has 194 valence electrons. The van der Waals surface area contributed by atoms with Gasteiger partial charge in [-0.05, 0) is 77.8 Å². The number of methoxy groups -OCH3 is 1. The predicted molar refractivity (Wildman–Crippen MR) is 144 cm³/mol. The number of nitrogens with zero attached hydrogens (tertiary/aromatic N) is 2. The molecule has 0 radical (unpaired) electrons. The summed E-state index contributed by atoms with van der Waals surface area (Å²) >= 11 is 3.55. The first-order chi connectivity index (χ1) is 16.8. The third kappa shape index (κ3) is 6.29. The van der Waals surface area contributed by atoms with Crippen molar-refractivity contribution in [2.75, 3.05) is 12.5 Å². The highest BCUT2D eigenvalue weighted by atomic mass is 79.9. The number of anilines is 1. The van der Waals surface area contributed by atoms with Crippen LogP contribution in [0.2, 0.25) is 0 Å². The molecule has 0 bridgehead atoms. The number of halogens is 1. The SMILES string of the molecule is COc1nc(NNC(=O)OC(C)(C)C)cc(C)c1CNC(=O)c1cc(Br)cc2c1c(C)cn2C(C)C. The Morgan fingerprint density at radius 1 is 1.14 bits per heavy atom. The number of rotatable bonds is 7. The molecule has 0 saturated heterocycles. The molecule has 2 aromatic heterocycles. The molecule has 0 saturated carbocycles. The maximum Gasteiger partial charge on any atom is 0.426 e. The van der Waals surface area contributed by atoms with Gasteiger partial charge in [0.2, 0.25) is 5.88 Å². The minimum Gasteiger partial charge on any atom is -0.481 e. The maximum absolute atomic E-state index is 13.3. The highest BCUT2D eigenvalue weighted by Gasteiger charge is 2.20. The number of nitrogens with one attached hydrogen (secondary N) is 3. The highest BCUT2D eigenvalue weighted by molar-refractivity contribution is 9.10. The monoisotopic (exact) mass is 559 g/mol. The zero-order valence-electron chi connectivity index (χ0n) is 22.0. The van der Waals surface area contributed by atoms with Gasteiger partial charge in [0, 0.05) is 34.2 Å². The van der Waals surface area contributed by atoms with Gasteiger partial charge in [-0.3, -0.25) is 10.2 Å². The van der Waals surface area contributed by atoms with Crippen LogP contribution in [-0.2, 0) is 11.3 Å². The van der Waals surface area contributed by atoms with Crippen LogP contribution < -0.4 is 20.9 Å². The molecular weight excluding hydrogens is 526 g/mol. The summed E-state index contributed by atoms with van der Waals surface area (Å²) in [5.74, 6) is 0.524. The van der Waals surface area contributed by atoms with Gasteiger partial charge in [-0.1, -0.05) is 15.9 Å². The van der Waals surface area contributed by atoms with Gasteiger partial charge in [0.15, 0.2) is 0 Å². The minimum atomic E-state index is -0.626. The number of carbonyl (C=O) groups excluding carboxylic acids is 2. The number of amides is 2. The van der Waals surface area contributed by atoms with Gasteiger partial charge in [0.05, 0.1) is 18.2 Å². The van der Waals surface area contributed by atoms with Crippen molar-refractivity contribution < 1.29 is 19.1 Å². The van der Waals surface area contributed by atoms with Crippen LogP contribution in [0.5, 0.6) is 5.88 Å². The molecule has 3 aromatic rings. The van der Waals surface area contributed by atoms with Crippen molar-refractivity contribution >= 4 is 44.7 Å². The van der Waals surface area contributed by atoms with E-state index in [0.29, 0.717) is 17.3 Å². The molecule has 9 nitrogen and oxygen atoms in total. The fourth-order valence-electron chi connectivity index (χ4n) is 3.96. The van der Waals surface area contributed by atoms with Crippen LogP contribution in [0.15, 0.2) is 28.9 Å². The van der Waals surface area contributed by atoms with E-state index in [4.69, 9.17) is 9.47 Å². The summed E-state index contributed by atoms with van der Waals surface area (Å²) in [6.07, 6.45) is 1.45. The first-order valence-corrected chi connectivity index (χ1v) is 12.5. The summed E-state index contributed by atoms with van der Waals surface area (Å²) in [4.78, 5) is 29.6. The van der Waals surface area contributed by atoms with E-state index >= 15 is 0 Å². The lowest BCUT2D eigenvalue weighted by Crippen LogP contribution is -2.36. The number of ether oxygens (including phenoxy) is 2. The van der Waals surface area contributed by atoms with Crippen LogP contribution in [0, 0.1) is 13.8 Å². The zero-order chi connectivity index (χ0) is 26.8. The van der Waals surface area contributed by atoms with E-state index in [1.165, 1.54) is 7.11 Å². The number of benzene rings is 1. The molecule has 1 aromatic carbocycles. The maximum atomic E-state index is 13.3. The first kappa shape index (κ1) is 27.3. The molecule has 2 heterocycles. The van der Waals surface area contributed by atoms with E-state index in [1.54, 1.807) is 26.8 Å². The molecular formula is C26H34BrN5O4. The Labute approximate surface area is 220 Å². The summed E-state index contributed by atoms with van der Waals surface area (Å²) in [6.45, 7) is 13.7. The number of aromatic nitrogens is 2. The molecule has 3 N–H and O–H groups in total. The second-order valence-corrected chi connectivity index (χ2v) is 10.8. The van der Waals surface area contributed by atoms with Crippen molar-refractivity contribution in [3.63, 3.8) is 0 Å². The molecule has 0 aliphatic rings. The number of hydrazine groups is 1. The summed E-state index contributed by atoms with van der Waals surface area (Å²) < 4.78 is 13.7. The molecule has 2 amide bonds. The third-order valence-electron chi connectivity index (χ3n) is 5.51. The van der Waals surface area contributed by atoms with E-state index in [0.717, 1.165) is 32.1 Å². The molecule has 0 fully saturated rings. The van der Waals surface area contributed by atoms with Crippen molar-refractivity contribution in [3.8, 4) is 5.88 Å². The molecule has 0 spiro atoms. The second-order valence-electron chi connectivity index (χ2n) is 9.91.